The van der Waals surface area contributed by atoms with Crippen LogP contribution in [-0.2, 0) is 14.0 Å². The van der Waals surface area contributed by atoms with Gasteiger partial charge in [0.25, 0.3) is 0 Å². The number of carbonyl (C=O) groups is 1. The number of hydrogen-bond acceptors (Lipinski definition) is 4. The van der Waals surface area contributed by atoms with E-state index in [1.807, 2.05) is 0 Å². The monoisotopic (exact) mass is 300 g/mol. The summed E-state index contributed by atoms with van der Waals surface area (Å²) in [6, 6.07) is 0. The van der Waals surface area contributed by atoms with Crippen molar-refractivity contribution < 1.29 is 19.1 Å². The first-order valence-electron chi connectivity index (χ1n) is 6.67. The molecule has 5 heteroatoms. The van der Waals surface area contributed by atoms with Crippen LogP contribution in [0.2, 0.25) is 18.1 Å². The molecule has 0 aromatic carbocycles. The van der Waals surface area contributed by atoms with E-state index in [2.05, 4.69) is 51.8 Å². The molecule has 0 radical (unpaired) electrons. The van der Waals surface area contributed by atoms with E-state index in [-0.39, 0.29) is 11.6 Å². The molecule has 0 aliphatic carbocycles. The Bertz CT molecular complexity index is 371. The van der Waals surface area contributed by atoms with E-state index in [1.54, 1.807) is 0 Å². The molecule has 116 valence electrons. The molecular weight excluding hydrogens is 272 g/mol. The second-order valence-corrected chi connectivity index (χ2v) is 11.2. The van der Waals surface area contributed by atoms with Crippen molar-refractivity contribution in [3.8, 4) is 0 Å². The normalized spacial score (nSPS) is 16.9. The Balaban J connectivity index is 5.09. The summed E-state index contributed by atoms with van der Waals surface area (Å²) < 4.78 is 10.7. The van der Waals surface area contributed by atoms with Gasteiger partial charge in [0.2, 0.25) is 0 Å². The van der Waals surface area contributed by atoms with Gasteiger partial charge in [-0.1, -0.05) is 33.4 Å². The Labute approximate surface area is 123 Å². The van der Waals surface area contributed by atoms with Crippen LogP contribution in [0.1, 0.15) is 20.8 Å². The summed E-state index contributed by atoms with van der Waals surface area (Å²) in [5.41, 5.74) is -1.81. The van der Waals surface area contributed by atoms with Gasteiger partial charge in [-0.3, -0.25) is 0 Å². The Morgan fingerprint density at radius 3 is 2.15 bits per heavy atom. The van der Waals surface area contributed by atoms with Gasteiger partial charge < -0.3 is 14.3 Å². The summed E-state index contributed by atoms with van der Waals surface area (Å²) in [5, 5.41) is 10.5. The Morgan fingerprint density at radius 2 is 1.85 bits per heavy atom. The summed E-state index contributed by atoms with van der Waals surface area (Å²) in [6.07, 6.45) is 2.69. The van der Waals surface area contributed by atoms with Crippen molar-refractivity contribution in [2.45, 2.75) is 44.5 Å². The highest BCUT2D eigenvalue weighted by molar-refractivity contribution is 6.74. The van der Waals surface area contributed by atoms with Crippen LogP contribution in [0.4, 0.5) is 0 Å². The molecule has 0 fully saturated rings. The van der Waals surface area contributed by atoms with E-state index < -0.39 is 25.8 Å². The number of ether oxygens (including phenoxy) is 1. The molecule has 1 N–H and O–H groups in total. The van der Waals surface area contributed by atoms with Crippen molar-refractivity contribution in [3.63, 3.8) is 0 Å². The third-order valence-electron chi connectivity index (χ3n) is 4.10. The van der Waals surface area contributed by atoms with E-state index in [9.17, 15) is 9.90 Å². The summed E-state index contributed by atoms with van der Waals surface area (Å²) >= 11 is 0. The lowest BCUT2D eigenvalue weighted by Crippen LogP contribution is -2.49. The lowest BCUT2D eigenvalue weighted by molar-refractivity contribution is -0.161. The van der Waals surface area contributed by atoms with E-state index in [1.165, 1.54) is 19.3 Å². The van der Waals surface area contributed by atoms with Gasteiger partial charge in [0.1, 0.15) is 0 Å². The van der Waals surface area contributed by atoms with Crippen LogP contribution in [-0.4, -0.2) is 38.7 Å². The topological polar surface area (TPSA) is 55.8 Å². The maximum Gasteiger partial charge on any atom is 0.342 e. The van der Waals surface area contributed by atoms with Crippen LogP contribution in [0.5, 0.6) is 0 Å². The largest absolute Gasteiger partial charge is 0.467 e. The third-order valence-corrected chi connectivity index (χ3v) is 8.60. The fraction of sp³-hybridized carbons (Fsp3) is 0.667. The predicted molar refractivity (Wildman–Crippen MR) is 84.0 cm³/mol. The van der Waals surface area contributed by atoms with Gasteiger partial charge in [0.05, 0.1) is 7.11 Å². The summed E-state index contributed by atoms with van der Waals surface area (Å²) in [5.74, 6) is -1.35. The molecule has 0 aliphatic heterocycles. The molecule has 0 unspecified atom stereocenters. The molecule has 0 amide bonds. The minimum absolute atomic E-state index is 0.0519. The first kappa shape index (κ1) is 19.1. The highest BCUT2D eigenvalue weighted by Gasteiger charge is 2.43. The van der Waals surface area contributed by atoms with Gasteiger partial charge in [0, 0.05) is 12.5 Å². The van der Waals surface area contributed by atoms with Gasteiger partial charge in [0.15, 0.2) is 13.9 Å². The summed E-state index contributed by atoms with van der Waals surface area (Å²) in [7, 11) is -0.738. The van der Waals surface area contributed by atoms with Crippen molar-refractivity contribution in [1.82, 2.24) is 0 Å². The smallest absolute Gasteiger partial charge is 0.342 e. The zero-order chi connectivity index (χ0) is 16.2. The van der Waals surface area contributed by atoms with Gasteiger partial charge in [-0.05, 0) is 24.2 Å². The fourth-order valence-corrected chi connectivity index (χ4v) is 2.47. The van der Waals surface area contributed by atoms with Crippen LogP contribution in [0.25, 0.3) is 0 Å². The standard InChI is InChI=1S/C15H28O4Si/c1-9-12(15(17,10-2)13(16)18-6)11-19-20(7,8)14(3,4)5/h9-10,12,17H,1-2,11H2,3-8H3/t12-,15-/m0/s1. The number of rotatable bonds is 7. The zero-order valence-electron chi connectivity index (χ0n) is 13.5. The third kappa shape index (κ3) is 4.04. The number of methoxy groups -OCH3 is 1. The number of hydrogen-bond donors (Lipinski definition) is 1. The number of aliphatic hydroxyl groups is 1. The predicted octanol–water partition coefficient (Wildman–Crippen LogP) is 2.90. The van der Waals surface area contributed by atoms with Crippen molar-refractivity contribution in [2.75, 3.05) is 13.7 Å². The van der Waals surface area contributed by atoms with Crippen molar-refractivity contribution in [2.24, 2.45) is 5.92 Å². The van der Waals surface area contributed by atoms with E-state index >= 15 is 0 Å². The lowest BCUT2D eigenvalue weighted by Gasteiger charge is -2.38. The molecule has 0 aromatic rings. The van der Waals surface area contributed by atoms with E-state index in [4.69, 9.17) is 4.43 Å². The van der Waals surface area contributed by atoms with Crippen molar-refractivity contribution in [1.29, 1.82) is 0 Å². The summed E-state index contributed by atoms with van der Waals surface area (Å²) in [4.78, 5) is 11.8. The van der Waals surface area contributed by atoms with Gasteiger partial charge in [-0.2, -0.15) is 0 Å². The van der Waals surface area contributed by atoms with Gasteiger partial charge in [-0.25, -0.2) is 4.79 Å². The molecule has 0 saturated heterocycles. The van der Waals surface area contributed by atoms with Crippen molar-refractivity contribution in [3.05, 3.63) is 25.3 Å². The molecule has 0 aliphatic rings. The Hall–Kier alpha value is -0.913. The second-order valence-electron chi connectivity index (χ2n) is 6.43. The highest BCUT2D eigenvalue weighted by Crippen LogP contribution is 2.37. The average Bonchev–Trinajstić information content (AvgIpc) is 2.36. The van der Waals surface area contributed by atoms with Crippen LogP contribution in [0, 0.1) is 5.92 Å². The number of esters is 1. The molecule has 0 rings (SSSR count). The Morgan fingerprint density at radius 1 is 1.35 bits per heavy atom. The lowest BCUT2D eigenvalue weighted by atomic mass is 9.88. The minimum atomic E-state index is -1.97. The molecule has 20 heavy (non-hydrogen) atoms. The van der Waals surface area contributed by atoms with Crippen LogP contribution in [0.15, 0.2) is 25.3 Å². The summed E-state index contributed by atoms with van der Waals surface area (Å²) in [6.45, 7) is 18.0. The van der Waals surface area contributed by atoms with E-state index in [0.29, 0.717) is 0 Å². The first-order chi connectivity index (χ1) is 8.96. The van der Waals surface area contributed by atoms with Crippen molar-refractivity contribution >= 4 is 14.3 Å². The second kappa shape index (κ2) is 6.69. The fourth-order valence-electron chi connectivity index (χ4n) is 1.44. The SMILES string of the molecule is C=C[C@@H](CO[Si](C)(C)C(C)(C)C)[C@@](O)(C=C)C(=O)OC. The maximum absolute atomic E-state index is 11.8. The molecule has 0 aromatic heterocycles. The maximum atomic E-state index is 11.8. The van der Waals surface area contributed by atoms with E-state index in [0.717, 1.165) is 0 Å². The molecule has 2 atom stereocenters. The van der Waals surface area contributed by atoms with Crippen LogP contribution >= 0.6 is 0 Å². The minimum Gasteiger partial charge on any atom is -0.467 e. The average molecular weight is 300 g/mol. The van der Waals surface area contributed by atoms with Gasteiger partial charge >= 0.3 is 5.97 Å². The molecule has 0 heterocycles. The Kier molecular flexibility index (Phi) is 6.39. The first-order valence-corrected chi connectivity index (χ1v) is 9.58. The molecule has 0 saturated carbocycles. The highest BCUT2D eigenvalue weighted by atomic mass is 28.4. The molecule has 4 nitrogen and oxygen atoms in total. The quantitative estimate of drug-likeness (QED) is 0.446. The molecule has 0 bridgehead atoms. The van der Waals surface area contributed by atoms with Crippen LogP contribution < -0.4 is 0 Å². The number of carbonyl (C=O) groups excluding carboxylic acids is 1. The van der Waals surface area contributed by atoms with Gasteiger partial charge in [-0.15, -0.1) is 6.58 Å². The zero-order valence-corrected chi connectivity index (χ0v) is 14.5. The molecular formula is C15H28O4Si. The van der Waals surface area contributed by atoms with Crippen LogP contribution in [0.3, 0.4) is 0 Å². The molecule has 0 spiro atoms.